The minimum atomic E-state index is 0.629. The zero-order chi connectivity index (χ0) is 19.2. The molecule has 0 aromatic rings. The fraction of sp³-hybridized carbons (Fsp3) is 1.00. The number of fused-ring (bicyclic) bond motifs is 5. The molecule has 4 aliphatic rings. The van der Waals surface area contributed by atoms with Gasteiger partial charge in [0.2, 0.25) is 0 Å². The lowest BCUT2D eigenvalue weighted by Gasteiger charge is -2.61. The van der Waals surface area contributed by atoms with E-state index in [0.29, 0.717) is 10.8 Å². The first-order valence-electron chi connectivity index (χ1n) is 12.1. The van der Waals surface area contributed by atoms with Crippen LogP contribution in [-0.2, 0) is 4.74 Å². The monoisotopic (exact) mass is 438 g/mol. The average molecular weight is 440 g/mol. The SMILES string of the molecule is CCOCC1CCC2(C)C(CCC3C2CCC2(C)C(C(C)CBr)CCC32)C1. The molecule has 0 saturated heterocycles. The predicted molar refractivity (Wildman–Crippen MR) is 118 cm³/mol. The Bertz CT molecular complexity index is 520. The van der Waals surface area contributed by atoms with Crippen molar-refractivity contribution in [3.05, 3.63) is 0 Å². The largest absolute Gasteiger partial charge is 0.381 e. The number of halogens is 1. The highest BCUT2D eigenvalue weighted by atomic mass is 79.9. The molecule has 4 aliphatic carbocycles. The first kappa shape index (κ1) is 20.7. The van der Waals surface area contributed by atoms with E-state index in [1.165, 1.54) is 63.1 Å². The van der Waals surface area contributed by atoms with Gasteiger partial charge in [-0.25, -0.2) is 0 Å². The number of rotatable bonds is 5. The van der Waals surface area contributed by atoms with Gasteiger partial charge >= 0.3 is 0 Å². The lowest BCUT2D eigenvalue weighted by Crippen LogP contribution is -2.54. The second-order valence-corrected chi connectivity index (χ2v) is 12.0. The Labute approximate surface area is 176 Å². The molecule has 0 aliphatic heterocycles. The van der Waals surface area contributed by atoms with E-state index in [1.54, 1.807) is 0 Å². The second-order valence-electron chi connectivity index (χ2n) is 11.3. The molecule has 0 spiro atoms. The van der Waals surface area contributed by atoms with Crippen LogP contribution in [0.15, 0.2) is 0 Å². The van der Waals surface area contributed by atoms with Crippen LogP contribution in [0, 0.1) is 52.3 Å². The number of ether oxygens (including phenoxy) is 1. The molecule has 0 aromatic carbocycles. The van der Waals surface area contributed by atoms with Gasteiger partial charge in [0.05, 0.1) is 0 Å². The van der Waals surface area contributed by atoms with Crippen molar-refractivity contribution in [2.75, 3.05) is 18.5 Å². The summed E-state index contributed by atoms with van der Waals surface area (Å²) in [6.45, 7) is 11.9. The van der Waals surface area contributed by atoms with Crippen LogP contribution in [0.2, 0.25) is 0 Å². The summed E-state index contributed by atoms with van der Waals surface area (Å²) in [6.07, 6.45) is 13.4. The fourth-order valence-corrected chi connectivity index (χ4v) is 9.32. The third-order valence-electron chi connectivity index (χ3n) is 10.3. The zero-order valence-corrected chi connectivity index (χ0v) is 19.9. The van der Waals surface area contributed by atoms with Crippen LogP contribution in [0.1, 0.15) is 85.5 Å². The van der Waals surface area contributed by atoms with E-state index in [-0.39, 0.29) is 0 Å². The maximum absolute atomic E-state index is 5.80. The standard InChI is InChI=1S/C25H43BrO/c1-5-27-16-18-10-12-24(3)19(14-18)6-7-20-22-9-8-21(17(2)15-26)25(22,4)13-11-23(20)24/h17-23H,5-16H2,1-4H3. The molecule has 156 valence electrons. The van der Waals surface area contributed by atoms with Crippen LogP contribution >= 0.6 is 15.9 Å². The van der Waals surface area contributed by atoms with E-state index >= 15 is 0 Å². The van der Waals surface area contributed by atoms with E-state index < -0.39 is 0 Å². The molecule has 4 rings (SSSR count). The van der Waals surface area contributed by atoms with Gasteiger partial charge < -0.3 is 4.74 Å². The van der Waals surface area contributed by atoms with Gasteiger partial charge in [-0.2, -0.15) is 0 Å². The van der Waals surface area contributed by atoms with Gasteiger partial charge in [0.25, 0.3) is 0 Å². The average Bonchev–Trinajstić information content (AvgIpc) is 3.02. The van der Waals surface area contributed by atoms with Gasteiger partial charge in [0, 0.05) is 18.5 Å². The van der Waals surface area contributed by atoms with Gasteiger partial charge in [-0.1, -0.05) is 36.7 Å². The van der Waals surface area contributed by atoms with Crippen molar-refractivity contribution in [3.63, 3.8) is 0 Å². The van der Waals surface area contributed by atoms with Crippen molar-refractivity contribution < 1.29 is 4.74 Å². The minimum Gasteiger partial charge on any atom is -0.381 e. The van der Waals surface area contributed by atoms with E-state index in [0.717, 1.165) is 54.6 Å². The van der Waals surface area contributed by atoms with Crippen molar-refractivity contribution >= 4 is 15.9 Å². The molecule has 4 fully saturated rings. The normalized spacial score (nSPS) is 50.6. The third-order valence-corrected chi connectivity index (χ3v) is 11.4. The van der Waals surface area contributed by atoms with Crippen LogP contribution < -0.4 is 0 Å². The van der Waals surface area contributed by atoms with Gasteiger partial charge in [0.15, 0.2) is 0 Å². The van der Waals surface area contributed by atoms with Crippen molar-refractivity contribution in [2.45, 2.75) is 85.5 Å². The van der Waals surface area contributed by atoms with Crippen LogP contribution in [0.25, 0.3) is 0 Å². The van der Waals surface area contributed by atoms with Crippen molar-refractivity contribution in [3.8, 4) is 0 Å². The molecule has 4 saturated carbocycles. The highest BCUT2D eigenvalue weighted by Gasteiger charge is 2.60. The Morgan fingerprint density at radius 1 is 0.963 bits per heavy atom. The molecule has 9 atom stereocenters. The summed E-state index contributed by atoms with van der Waals surface area (Å²) >= 11 is 3.80. The molecular formula is C25H43BrO. The quantitative estimate of drug-likeness (QED) is 0.408. The Morgan fingerprint density at radius 2 is 1.70 bits per heavy atom. The lowest BCUT2D eigenvalue weighted by molar-refractivity contribution is -0.124. The van der Waals surface area contributed by atoms with Gasteiger partial charge in [0.1, 0.15) is 0 Å². The smallest absolute Gasteiger partial charge is 0.0494 e. The predicted octanol–water partition coefficient (Wildman–Crippen LogP) is 7.33. The van der Waals surface area contributed by atoms with Gasteiger partial charge in [-0.15, -0.1) is 0 Å². The first-order valence-corrected chi connectivity index (χ1v) is 13.2. The van der Waals surface area contributed by atoms with E-state index in [1.807, 2.05) is 0 Å². The topological polar surface area (TPSA) is 9.23 Å². The second kappa shape index (κ2) is 7.93. The van der Waals surface area contributed by atoms with Crippen molar-refractivity contribution in [1.29, 1.82) is 0 Å². The number of alkyl halides is 1. The Hall–Kier alpha value is 0.440. The molecule has 9 unspecified atom stereocenters. The molecule has 0 heterocycles. The molecule has 0 amide bonds. The Morgan fingerprint density at radius 3 is 2.44 bits per heavy atom. The fourth-order valence-electron chi connectivity index (χ4n) is 8.87. The summed E-state index contributed by atoms with van der Waals surface area (Å²) < 4.78 is 5.80. The summed E-state index contributed by atoms with van der Waals surface area (Å²) in [6, 6.07) is 0. The van der Waals surface area contributed by atoms with Crippen molar-refractivity contribution in [1.82, 2.24) is 0 Å². The van der Waals surface area contributed by atoms with Gasteiger partial charge in [-0.05, 0) is 117 Å². The highest BCUT2D eigenvalue weighted by Crippen LogP contribution is 2.68. The molecule has 0 aromatic heterocycles. The molecule has 2 heteroatoms. The maximum atomic E-state index is 5.80. The highest BCUT2D eigenvalue weighted by molar-refractivity contribution is 9.09. The third kappa shape index (κ3) is 3.37. The number of hydrogen-bond donors (Lipinski definition) is 0. The molecule has 0 bridgehead atoms. The summed E-state index contributed by atoms with van der Waals surface area (Å²) in [5, 5.41) is 1.19. The number of hydrogen-bond acceptors (Lipinski definition) is 1. The van der Waals surface area contributed by atoms with Crippen LogP contribution in [0.3, 0.4) is 0 Å². The molecular weight excluding hydrogens is 396 g/mol. The summed E-state index contributed by atoms with van der Waals surface area (Å²) in [7, 11) is 0. The summed E-state index contributed by atoms with van der Waals surface area (Å²) in [5.41, 5.74) is 1.26. The van der Waals surface area contributed by atoms with E-state index in [2.05, 4.69) is 43.6 Å². The van der Waals surface area contributed by atoms with Crippen LogP contribution in [0.5, 0.6) is 0 Å². The van der Waals surface area contributed by atoms with Crippen molar-refractivity contribution in [2.24, 2.45) is 52.3 Å². The first-order chi connectivity index (χ1) is 12.9. The van der Waals surface area contributed by atoms with Gasteiger partial charge in [-0.3, -0.25) is 0 Å². The zero-order valence-electron chi connectivity index (χ0n) is 18.3. The van der Waals surface area contributed by atoms with E-state index in [4.69, 9.17) is 4.74 Å². The van der Waals surface area contributed by atoms with Crippen LogP contribution in [-0.4, -0.2) is 18.5 Å². The Kier molecular flexibility index (Phi) is 6.08. The molecule has 0 radical (unpaired) electrons. The minimum absolute atomic E-state index is 0.629. The summed E-state index contributed by atoms with van der Waals surface area (Å²) in [4.78, 5) is 0. The molecule has 27 heavy (non-hydrogen) atoms. The Balaban J connectivity index is 1.49. The maximum Gasteiger partial charge on any atom is 0.0494 e. The summed E-state index contributed by atoms with van der Waals surface area (Å²) in [5.74, 6) is 6.67. The van der Waals surface area contributed by atoms with E-state index in [9.17, 15) is 0 Å². The molecule has 1 nitrogen and oxygen atoms in total. The molecule has 0 N–H and O–H groups in total. The van der Waals surface area contributed by atoms with Crippen LogP contribution in [0.4, 0.5) is 0 Å². The lowest BCUT2D eigenvalue weighted by atomic mass is 9.44.